The Labute approximate surface area is 116 Å². The van der Waals surface area contributed by atoms with Crippen LogP contribution in [0.1, 0.15) is 37.7 Å². The van der Waals surface area contributed by atoms with Crippen LogP contribution in [0.5, 0.6) is 0 Å². The van der Waals surface area contributed by atoms with Crippen molar-refractivity contribution < 1.29 is 5.11 Å². The SMILES string of the molecule is OCC(Cc1ccccc1)N1CC2(CCCCC2)C1. The minimum absolute atomic E-state index is 0.283. The fourth-order valence-corrected chi connectivity index (χ4v) is 3.89. The van der Waals surface area contributed by atoms with Crippen LogP contribution in [-0.2, 0) is 6.42 Å². The molecule has 1 aliphatic heterocycles. The second kappa shape index (κ2) is 5.64. The molecule has 1 atom stereocenters. The lowest BCUT2D eigenvalue weighted by Gasteiger charge is -2.55. The Kier molecular flexibility index (Phi) is 3.90. The molecule has 2 fully saturated rings. The van der Waals surface area contributed by atoms with E-state index in [0.717, 1.165) is 6.42 Å². The Hall–Kier alpha value is -0.860. The van der Waals surface area contributed by atoms with Crippen LogP contribution in [0.25, 0.3) is 0 Å². The summed E-state index contributed by atoms with van der Waals surface area (Å²) in [5.74, 6) is 0. The molecule has 1 spiro atoms. The van der Waals surface area contributed by atoms with Gasteiger partial charge in [0.15, 0.2) is 0 Å². The normalized spacial score (nSPS) is 24.1. The standard InChI is InChI=1S/C17H25NO/c19-12-16(11-15-7-3-1-4-8-15)18-13-17(14-18)9-5-2-6-10-17/h1,3-4,7-8,16,19H,2,5-6,9-14H2. The van der Waals surface area contributed by atoms with Gasteiger partial charge in [-0.05, 0) is 30.2 Å². The van der Waals surface area contributed by atoms with Crippen LogP contribution in [0, 0.1) is 5.41 Å². The van der Waals surface area contributed by atoms with Crippen LogP contribution in [0.2, 0.25) is 0 Å². The lowest BCUT2D eigenvalue weighted by atomic mass is 9.68. The van der Waals surface area contributed by atoms with Crippen molar-refractivity contribution in [2.24, 2.45) is 5.41 Å². The fourth-order valence-electron chi connectivity index (χ4n) is 3.89. The number of aliphatic hydroxyl groups is 1. The first kappa shape index (κ1) is 13.1. The zero-order chi connectivity index (χ0) is 13.1. The zero-order valence-electron chi connectivity index (χ0n) is 11.7. The molecule has 1 saturated heterocycles. The summed E-state index contributed by atoms with van der Waals surface area (Å²) in [5.41, 5.74) is 1.95. The third kappa shape index (κ3) is 2.85. The highest BCUT2D eigenvalue weighted by Gasteiger charge is 2.45. The van der Waals surface area contributed by atoms with E-state index in [9.17, 15) is 5.11 Å². The number of aliphatic hydroxyl groups excluding tert-OH is 1. The molecule has 0 aromatic heterocycles. The number of nitrogens with zero attached hydrogens (tertiary/aromatic N) is 1. The van der Waals surface area contributed by atoms with Gasteiger partial charge in [0.2, 0.25) is 0 Å². The summed E-state index contributed by atoms with van der Waals surface area (Å²) in [6.45, 7) is 2.71. The zero-order valence-corrected chi connectivity index (χ0v) is 11.7. The fraction of sp³-hybridized carbons (Fsp3) is 0.647. The van der Waals surface area contributed by atoms with E-state index in [2.05, 4.69) is 35.2 Å². The minimum atomic E-state index is 0.283. The van der Waals surface area contributed by atoms with Gasteiger partial charge in [-0.25, -0.2) is 0 Å². The molecule has 2 nitrogen and oxygen atoms in total. The van der Waals surface area contributed by atoms with Gasteiger partial charge in [0.05, 0.1) is 6.61 Å². The lowest BCUT2D eigenvalue weighted by molar-refractivity contribution is -0.0661. The van der Waals surface area contributed by atoms with Crippen molar-refractivity contribution >= 4 is 0 Å². The highest BCUT2D eigenvalue weighted by atomic mass is 16.3. The molecule has 1 N–H and O–H groups in total. The Balaban J connectivity index is 1.56. The van der Waals surface area contributed by atoms with Crippen molar-refractivity contribution in [3.8, 4) is 0 Å². The Morgan fingerprint density at radius 1 is 1.05 bits per heavy atom. The molecule has 0 radical (unpaired) electrons. The van der Waals surface area contributed by atoms with Gasteiger partial charge in [-0.1, -0.05) is 49.6 Å². The van der Waals surface area contributed by atoms with Crippen LogP contribution >= 0.6 is 0 Å². The summed E-state index contributed by atoms with van der Waals surface area (Å²) >= 11 is 0. The summed E-state index contributed by atoms with van der Waals surface area (Å²) in [6, 6.07) is 10.9. The van der Waals surface area contributed by atoms with E-state index in [-0.39, 0.29) is 6.61 Å². The van der Waals surface area contributed by atoms with Crippen LogP contribution in [0.4, 0.5) is 0 Å². The topological polar surface area (TPSA) is 23.5 Å². The molecule has 3 rings (SSSR count). The third-order valence-corrected chi connectivity index (χ3v) is 5.03. The largest absolute Gasteiger partial charge is 0.395 e. The second-order valence-corrected chi connectivity index (χ2v) is 6.49. The predicted octanol–water partition coefficient (Wildman–Crippen LogP) is 2.86. The molecule has 1 saturated carbocycles. The quantitative estimate of drug-likeness (QED) is 0.899. The van der Waals surface area contributed by atoms with Crippen molar-refractivity contribution in [1.29, 1.82) is 0 Å². The molecule has 19 heavy (non-hydrogen) atoms. The summed E-state index contributed by atoms with van der Waals surface area (Å²) in [4.78, 5) is 2.50. The van der Waals surface area contributed by atoms with Crippen LogP contribution in [0.15, 0.2) is 30.3 Å². The molecule has 104 valence electrons. The van der Waals surface area contributed by atoms with Gasteiger partial charge in [0.1, 0.15) is 0 Å². The first-order valence-corrected chi connectivity index (χ1v) is 7.70. The minimum Gasteiger partial charge on any atom is -0.395 e. The van der Waals surface area contributed by atoms with Gasteiger partial charge in [-0.2, -0.15) is 0 Å². The van der Waals surface area contributed by atoms with E-state index < -0.39 is 0 Å². The average Bonchev–Trinajstić information content (AvgIpc) is 2.44. The number of rotatable bonds is 4. The summed E-state index contributed by atoms with van der Waals surface area (Å²) in [5, 5.41) is 9.67. The third-order valence-electron chi connectivity index (χ3n) is 5.03. The van der Waals surface area contributed by atoms with Gasteiger partial charge in [0, 0.05) is 19.1 Å². The molecular weight excluding hydrogens is 234 g/mol. The van der Waals surface area contributed by atoms with Crippen molar-refractivity contribution in [3.63, 3.8) is 0 Å². The Morgan fingerprint density at radius 2 is 1.74 bits per heavy atom. The van der Waals surface area contributed by atoms with E-state index in [0.29, 0.717) is 11.5 Å². The maximum absolute atomic E-state index is 9.67. The van der Waals surface area contributed by atoms with Crippen molar-refractivity contribution in [1.82, 2.24) is 4.90 Å². The van der Waals surface area contributed by atoms with Gasteiger partial charge in [0.25, 0.3) is 0 Å². The maximum Gasteiger partial charge on any atom is 0.0590 e. The van der Waals surface area contributed by atoms with E-state index in [4.69, 9.17) is 0 Å². The van der Waals surface area contributed by atoms with Crippen molar-refractivity contribution in [2.45, 2.75) is 44.6 Å². The molecule has 2 aliphatic rings. The van der Waals surface area contributed by atoms with Crippen LogP contribution < -0.4 is 0 Å². The van der Waals surface area contributed by atoms with Crippen LogP contribution in [0.3, 0.4) is 0 Å². The smallest absolute Gasteiger partial charge is 0.0590 e. The van der Waals surface area contributed by atoms with Gasteiger partial charge in [-0.3, -0.25) is 4.90 Å². The predicted molar refractivity (Wildman–Crippen MR) is 78.1 cm³/mol. The molecular formula is C17H25NO. The highest BCUT2D eigenvalue weighted by Crippen LogP contribution is 2.44. The van der Waals surface area contributed by atoms with E-state index >= 15 is 0 Å². The summed E-state index contributed by atoms with van der Waals surface area (Å²) < 4.78 is 0. The second-order valence-electron chi connectivity index (χ2n) is 6.49. The van der Waals surface area contributed by atoms with Crippen LogP contribution in [-0.4, -0.2) is 35.7 Å². The lowest BCUT2D eigenvalue weighted by Crippen LogP contribution is -2.61. The van der Waals surface area contributed by atoms with Gasteiger partial charge in [-0.15, -0.1) is 0 Å². The summed E-state index contributed by atoms with van der Waals surface area (Å²) in [6.07, 6.45) is 8.05. The molecule has 2 heteroatoms. The van der Waals surface area contributed by atoms with Crippen molar-refractivity contribution in [3.05, 3.63) is 35.9 Å². The maximum atomic E-state index is 9.67. The average molecular weight is 259 g/mol. The number of benzene rings is 1. The first-order chi connectivity index (χ1) is 9.31. The highest BCUT2D eigenvalue weighted by molar-refractivity contribution is 5.16. The summed E-state index contributed by atoms with van der Waals surface area (Å²) in [7, 11) is 0. The first-order valence-electron chi connectivity index (χ1n) is 7.70. The molecule has 1 aliphatic carbocycles. The molecule has 0 amide bonds. The Bertz CT molecular complexity index is 389. The molecule has 1 aromatic carbocycles. The number of likely N-dealkylation sites (tertiary alicyclic amines) is 1. The Morgan fingerprint density at radius 3 is 2.37 bits per heavy atom. The number of hydrogen-bond donors (Lipinski definition) is 1. The van der Waals surface area contributed by atoms with Gasteiger partial charge >= 0.3 is 0 Å². The molecule has 1 heterocycles. The molecule has 1 aromatic rings. The van der Waals surface area contributed by atoms with Crippen molar-refractivity contribution in [2.75, 3.05) is 19.7 Å². The van der Waals surface area contributed by atoms with E-state index in [1.54, 1.807) is 0 Å². The van der Waals surface area contributed by atoms with E-state index in [1.165, 1.54) is 50.8 Å². The number of hydrogen-bond acceptors (Lipinski definition) is 2. The monoisotopic (exact) mass is 259 g/mol. The molecule has 1 unspecified atom stereocenters. The molecule has 0 bridgehead atoms. The van der Waals surface area contributed by atoms with Gasteiger partial charge < -0.3 is 5.11 Å². The van der Waals surface area contributed by atoms with E-state index in [1.807, 2.05) is 0 Å².